The Hall–Kier alpha value is -0.960. The van der Waals surface area contributed by atoms with Crippen LogP contribution in [0.5, 0.6) is 0 Å². The monoisotopic (exact) mass is 234 g/mol. The highest BCUT2D eigenvalue weighted by Crippen LogP contribution is 2.13. The average Bonchev–Trinajstić information content (AvgIpc) is 1.81. The Labute approximate surface area is 80.1 Å². The summed E-state index contributed by atoms with van der Waals surface area (Å²) >= 11 is -2.26. The Balaban J connectivity index is 0. The summed E-state index contributed by atoms with van der Waals surface area (Å²) < 4.78 is 54.1. The first-order valence-corrected chi connectivity index (χ1v) is 4.02. The standard InChI is InChI=1S/C3H7NO2S.C2HF3O2/c1-3(2)4-7(5)6;3-2(4,5)1(6)7/h1-2H3,(H,5,6);(H,6,7)/p-1. The maximum absolute atomic E-state index is 10.6. The van der Waals surface area contributed by atoms with Gasteiger partial charge in [0.25, 0.3) is 0 Å². The fourth-order valence-corrected chi connectivity index (χ4v) is 0.447. The molecule has 0 radical (unpaired) electrons. The molecule has 5 nitrogen and oxygen atoms in total. The predicted molar refractivity (Wildman–Crippen MR) is 41.4 cm³/mol. The molecule has 0 aliphatic rings. The van der Waals surface area contributed by atoms with Crippen LogP contribution in [0, 0.1) is 0 Å². The predicted octanol–water partition coefficient (Wildman–Crippen LogP) is 0.895. The molecule has 0 aliphatic carbocycles. The summed E-state index contributed by atoms with van der Waals surface area (Å²) in [5.41, 5.74) is 0.549. The lowest BCUT2D eigenvalue weighted by molar-refractivity contribution is -0.192. The van der Waals surface area contributed by atoms with Crippen LogP contribution in [-0.4, -0.2) is 31.7 Å². The molecule has 0 bridgehead atoms. The zero-order valence-electron chi connectivity index (χ0n) is 7.16. The Morgan fingerprint density at radius 2 is 1.71 bits per heavy atom. The second-order valence-corrected chi connectivity index (χ2v) is 2.68. The second kappa shape index (κ2) is 6.49. The molecule has 0 aromatic carbocycles. The number of alkyl halides is 3. The van der Waals surface area contributed by atoms with E-state index in [0.717, 1.165) is 0 Å². The lowest BCUT2D eigenvalue weighted by Gasteiger charge is -1.93. The summed E-state index contributed by atoms with van der Waals surface area (Å²) in [6, 6.07) is 0. The first-order chi connectivity index (χ1) is 6.07. The van der Waals surface area contributed by atoms with E-state index in [1.165, 1.54) is 0 Å². The summed E-state index contributed by atoms with van der Waals surface area (Å²) in [4.78, 5) is 8.90. The normalized spacial score (nSPS) is 12.1. The molecule has 0 amide bonds. The largest absolute Gasteiger partial charge is 0.754 e. The van der Waals surface area contributed by atoms with Crippen LogP contribution in [0.15, 0.2) is 4.40 Å². The summed E-state index contributed by atoms with van der Waals surface area (Å²) in [6.07, 6.45) is -5.08. The Kier molecular flexibility index (Phi) is 7.19. The van der Waals surface area contributed by atoms with E-state index in [0.29, 0.717) is 5.71 Å². The molecule has 0 aromatic rings. The minimum atomic E-state index is -5.08. The van der Waals surface area contributed by atoms with Crippen LogP contribution in [0.2, 0.25) is 0 Å². The van der Waals surface area contributed by atoms with Gasteiger partial charge in [0.15, 0.2) is 0 Å². The van der Waals surface area contributed by atoms with Gasteiger partial charge in [0.05, 0.1) is 11.3 Å². The van der Waals surface area contributed by atoms with Crippen molar-refractivity contribution in [3.8, 4) is 0 Å². The van der Waals surface area contributed by atoms with Crippen molar-refractivity contribution in [3.63, 3.8) is 0 Å². The molecule has 0 fully saturated rings. The van der Waals surface area contributed by atoms with E-state index in [9.17, 15) is 21.9 Å². The van der Waals surface area contributed by atoms with Crippen molar-refractivity contribution in [1.29, 1.82) is 0 Å². The topological polar surface area (TPSA) is 89.8 Å². The number of halogens is 3. The molecule has 84 valence electrons. The molecule has 0 spiro atoms. The molecule has 1 N–H and O–H groups in total. The number of carbonyl (C=O) groups is 1. The molecular weight excluding hydrogens is 227 g/mol. The van der Waals surface area contributed by atoms with Crippen molar-refractivity contribution in [2.24, 2.45) is 4.40 Å². The van der Waals surface area contributed by atoms with Crippen molar-refractivity contribution >= 4 is 22.9 Å². The van der Waals surface area contributed by atoms with Gasteiger partial charge in [-0.15, -0.1) is 0 Å². The van der Waals surface area contributed by atoms with Gasteiger partial charge in [-0.3, -0.25) is 4.21 Å². The van der Waals surface area contributed by atoms with Gasteiger partial charge in [0.2, 0.25) is 0 Å². The van der Waals surface area contributed by atoms with Gasteiger partial charge in [-0.25, -0.2) is 9.19 Å². The molecule has 1 atom stereocenters. The van der Waals surface area contributed by atoms with E-state index in [2.05, 4.69) is 4.40 Å². The van der Waals surface area contributed by atoms with Gasteiger partial charge in [0.1, 0.15) is 0 Å². The molecule has 0 aliphatic heterocycles. The SMILES string of the molecule is CC(C)=NS(=O)[O-].O=C(O)C(F)(F)F. The first kappa shape index (κ1) is 15.5. The zero-order valence-corrected chi connectivity index (χ0v) is 7.98. The van der Waals surface area contributed by atoms with Gasteiger partial charge in [-0.1, -0.05) is 0 Å². The van der Waals surface area contributed by atoms with Crippen LogP contribution in [0.3, 0.4) is 0 Å². The third-order valence-corrected chi connectivity index (χ3v) is 1.01. The number of carboxylic acid groups (broad SMARTS) is 1. The van der Waals surface area contributed by atoms with Crippen LogP contribution in [0.25, 0.3) is 0 Å². The van der Waals surface area contributed by atoms with Gasteiger partial charge in [-0.2, -0.15) is 13.2 Å². The molecule has 0 saturated heterocycles. The highest BCUT2D eigenvalue weighted by atomic mass is 32.2. The first-order valence-electron chi connectivity index (χ1n) is 2.98. The number of hydrogen-bond acceptors (Lipinski definition) is 3. The number of rotatable bonds is 1. The van der Waals surface area contributed by atoms with Gasteiger partial charge >= 0.3 is 12.1 Å². The van der Waals surface area contributed by atoms with E-state index in [1.807, 2.05) is 0 Å². The van der Waals surface area contributed by atoms with E-state index in [-0.39, 0.29) is 0 Å². The van der Waals surface area contributed by atoms with Crippen molar-refractivity contribution in [1.82, 2.24) is 0 Å². The third kappa shape index (κ3) is 13.6. The lowest BCUT2D eigenvalue weighted by atomic mass is 10.5. The van der Waals surface area contributed by atoms with Crippen LogP contribution >= 0.6 is 0 Å². The van der Waals surface area contributed by atoms with E-state index in [1.54, 1.807) is 13.8 Å². The van der Waals surface area contributed by atoms with Gasteiger partial charge in [-0.05, 0) is 13.8 Å². The van der Waals surface area contributed by atoms with E-state index < -0.39 is 23.4 Å². The fourth-order valence-electron chi connectivity index (χ4n) is 0.149. The van der Waals surface area contributed by atoms with Gasteiger partial charge < -0.3 is 9.66 Å². The zero-order chi connectivity index (χ0) is 11.9. The van der Waals surface area contributed by atoms with E-state index >= 15 is 0 Å². The van der Waals surface area contributed by atoms with Gasteiger partial charge in [0, 0.05) is 5.71 Å². The second-order valence-electron chi connectivity index (χ2n) is 2.06. The summed E-state index contributed by atoms with van der Waals surface area (Å²) in [7, 11) is 0. The van der Waals surface area contributed by atoms with Crippen LogP contribution in [-0.2, 0) is 16.1 Å². The van der Waals surface area contributed by atoms with Crippen molar-refractivity contribution in [2.45, 2.75) is 20.0 Å². The van der Waals surface area contributed by atoms with E-state index in [4.69, 9.17) is 9.90 Å². The van der Waals surface area contributed by atoms with Crippen LogP contribution in [0.1, 0.15) is 13.8 Å². The molecule has 1 unspecified atom stereocenters. The van der Waals surface area contributed by atoms with Crippen molar-refractivity contribution in [3.05, 3.63) is 0 Å². The highest BCUT2D eigenvalue weighted by molar-refractivity contribution is 7.77. The maximum atomic E-state index is 10.6. The number of nitrogens with zero attached hydrogens (tertiary/aromatic N) is 1. The fraction of sp³-hybridized carbons (Fsp3) is 0.600. The quantitative estimate of drug-likeness (QED) is 0.539. The highest BCUT2D eigenvalue weighted by Gasteiger charge is 2.38. The van der Waals surface area contributed by atoms with Crippen LogP contribution < -0.4 is 0 Å². The molecule has 14 heavy (non-hydrogen) atoms. The molecule has 0 aromatic heterocycles. The Morgan fingerprint density at radius 1 is 1.43 bits per heavy atom. The van der Waals surface area contributed by atoms with Crippen molar-refractivity contribution in [2.75, 3.05) is 0 Å². The third-order valence-electron chi connectivity index (χ3n) is 0.500. The number of carboxylic acids is 1. The number of hydrogen-bond donors (Lipinski definition) is 1. The van der Waals surface area contributed by atoms with Crippen molar-refractivity contribution < 1.29 is 31.8 Å². The summed E-state index contributed by atoms with van der Waals surface area (Å²) in [5.74, 6) is -2.76. The smallest absolute Gasteiger partial charge is 0.490 e. The lowest BCUT2D eigenvalue weighted by Crippen LogP contribution is -2.21. The molecule has 0 rings (SSSR count). The average molecular weight is 234 g/mol. The molecule has 0 heterocycles. The number of aliphatic carboxylic acids is 1. The molecule has 9 heteroatoms. The molecule has 0 saturated carbocycles. The van der Waals surface area contributed by atoms with Crippen LogP contribution in [0.4, 0.5) is 13.2 Å². The summed E-state index contributed by atoms with van der Waals surface area (Å²) in [6.45, 7) is 3.24. The Morgan fingerprint density at radius 3 is 1.71 bits per heavy atom. The summed E-state index contributed by atoms with van der Waals surface area (Å²) in [5, 5.41) is 7.12. The Bertz CT molecular complexity index is 246. The minimum Gasteiger partial charge on any atom is -0.754 e. The minimum absolute atomic E-state index is 0.549. The molecular formula is C5H7F3NO4S-. The maximum Gasteiger partial charge on any atom is 0.490 e.